The smallest absolute Gasteiger partial charge is 0.257 e. The van der Waals surface area contributed by atoms with Gasteiger partial charge in [0, 0.05) is 44.8 Å². The second-order valence-electron chi connectivity index (χ2n) is 6.22. The largest absolute Gasteiger partial charge is 0.352 e. The Morgan fingerprint density at radius 1 is 1.00 bits per heavy atom. The summed E-state index contributed by atoms with van der Waals surface area (Å²) in [5, 5.41) is 8.87. The van der Waals surface area contributed by atoms with Gasteiger partial charge in [-0.15, -0.1) is 10.2 Å². The summed E-state index contributed by atoms with van der Waals surface area (Å²) in [5.74, 6) is 2.29. The van der Waals surface area contributed by atoms with Gasteiger partial charge in [-0.3, -0.25) is 9.36 Å². The van der Waals surface area contributed by atoms with E-state index in [4.69, 9.17) is 11.6 Å². The summed E-state index contributed by atoms with van der Waals surface area (Å²) in [5.41, 5.74) is 0.437. The number of hydrogen-bond acceptors (Lipinski definition) is 6. The highest BCUT2D eigenvalue weighted by atomic mass is 35.5. The second kappa shape index (κ2) is 7.32. The number of aromatic nitrogens is 5. The lowest BCUT2D eigenvalue weighted by atomic mass is 10.2. The molecule has 1 saturated heterocycles. The third-order valence-electron chi connectivity index (χ3n) is 4.59. The molecule has 3 aromatic heterocycles. The molecule has 8 nitrogen and oxygen atoms in total. The molecule has 27 heavy (non-hydrogen) atoms. The van der Waals surface area contributed by atoms with Crippen LogP contribution in [0.15, 0.2) is 42.9 Å². The molecule has 3 aromatic rings. The predicted molar refractivity (Wildman–Crippen MR) is 101 cm³/mol. The lowest BCUT2D eigenvalue weighted by Crippen LogP contribution is -2.49. The quantitative estimate of drug-likeness (QED) is 0.643. The Morgan fingerprint density at radius 3 is 2.37 bits per heavy atom. The third-order valence-corrected chi connectivity index (χ3v) is 4.89. The van der Waals surface area contributed by atoms with E-state index in [1.807, 2.05) is 29.8 Å². The van der Waals surface area contributed by atoms with Gasteiger partial charge in [0.05, 0.1) is 5.56 Å². The lowest BCUT2D eigenvalue weighted by Gasteiger charge is -2.35. The van der Waals surface area contributed by atoms with E-state index in [9.17, 15) is 4.79 Å². The van der Waals surface area contributed by atoms with Crippen molar-refractivity contribution in [3.63, 3.8) is 0 Å². The number of hydrogen-bond donors (Lipinski definition) is 0. The zero-order valence-corrected chi connectivity index (χ0v) is 15.5. The standard InChI is InChI=1S/C18H18ClN7O/c1-13-20-7-8-26(13)16-5-4-15(22-23-16)24-9-11-25(12-10-24)18(27)14-3-2-6-21-17(14)19/h2-8H,9-12H2,1H3. The van der Waals surface area contributed by atoms with Crippen molar-refractivity contribution >= 4 is 23.3 Å². The Kier molecular flexibility index (Phi) is 4.72. The van der Waals surface area contributed by atoms with Crippen LogP contribution in [-0.2, 0) is 0 Å². The maximum atomic E-state index is 12.6. The van der Waals surface area contributed by atoms with Crippen molar-refractivity contribution in [1.82, 2.24) is 29.6 Å². The number of carbonyl (C=O) groups is 1. The molecule has 0 bridgehead atoms. The van der Waals surface area contributed by atoms with E-state index in [2.05, 4.69) is 25.1 Å². The number of nitrogens with zero attached hydrogens (tertiary/aromatic N) is 7. The Bertz CT molecular complexity index is 948. The fourth-order valence-electron chi connectivity index (χ4n) is 3.09. The first-order chi connectivity index (χ1) is 13.1. The van der Waals surface area contributed by atoms with Crippen molar-refractivity contribution < 1.29 is 4.79 Å². The van der Waals surface area contributed by atoms with Crippen LogP contribution in [0.25, 0.3) is 5.82 Å². The maximum Gasteiger partial charge on any atom is 0.257 e. The number of amides is 1. The van der Waals surface area contributed by atoms with Crippen molar-refractivity contribution in [2.24, 2.45) is 0 Å². The summed E-state index contributed by atoms with van der Waals surface area (Å²) in [6, 6.07) is 7.28. The number of anilines is 1. The van der Waals surface area contributed by atoms with Crippen LogP contribution < -0.4 is 4.90 Å². The number of carbonyl (C=O) groups excluding carboxylic acids is 1. The van der Waals surface area contributed by atoms with Gasteiger partial charge in [-0.25, -0.2) is 9.97 Å². The molecule has 1 aliphatic heterocycles. The molecule has 1 amide bonds. The first-order valence-corrected chi connectivity index (χ1v) is 9.00. The van der Waals surface area contributed by atoms with Gasteiger partial charge in [-0.2, -0.15) is 0 Å². The molecule has 0 saturated carbocycles. The molecule has 0 radical (unpaired) electrons. The SMILES string of the molecule is Cc1nccn1-c1ccc(N2CCN(C(=O)c3cccnc3Cl)CC2)nn1. The molecule has 0 atom stereocenters. The van der Waals surface area contributed by atoms with Crippen molar-refractivity contribution in [3.05, 3.63) is 59.4 Å². The fraction of sp³-hybridized carbons (Fsp3) is 0.278. The van der Waals surface area contributed by atoms with Gasteiger partial charge < -0.3 is 9.80 Å². The van der Waals surface area contributed by atoms with Crippen molar-refractivity contribution in [2.75, 3.05) is 31.1 Å². The van der Waals surface area contributed by atoms with Gasteiger partial charge in [-0.05, 0) is 31.2 Å². The molecule has 9 heteroatoms. The maximum absolute atomic E-state index is 12.6. The van der Waals surface area contributed by atoms with Crippen molar-refractivity contribution in [1.29, 1.82) is 0 Å². The zero-order chi connectivity index (χ0) is 18.8. The molecule has 0 unspecified atom stereocenters. The van der Waals surface area contributed by atoms with E-state index in [1.165, 1.54) is 0 Å². The Labute approximate surface area is 161 Å². The van der Waals surface area contributed by atoms with Crippen LogP contribution in [0.1, 0.15) is 16.2 Å². The average molecular weight is 384 g/mol. The van der Waals surface area contributed by atoms with E-state index in [1.54, 1.807) is 29.4 Å². The number of piperazine rings is 1. The zero-order valence-electron chi connectivity index (χ0n) is 14.8. The molecule has 1 aliphatic rings. The molecular weight excluding hydrogens is 366 g/mol. The van der Waals surface area contributed by atoms with E-state index >= 15 is 0 Å². The summed E-state index contributed by atoms with van der Waals surface area (Å²) in [6.07, 6.45) is 5.16. The molecule has 0 aromatic carbocycles. The minimum absolute atomic E-state index is 0.0928. The highest BCUT2D eigenvalue weighted by molar-refractivity contribution is 6.32. The van der Waals surface area contributed by atoms with Crippen LogP contribution in [0.3, 0.4) is 0 Å². The van der Waals surface area contributed by atoms with Crippen LogP contribution in [-0.4, -0.2) is 61.7 Å². The van der Waals surface area contributed by atoms with E-state index in [0.717, 1.165) is 17.5 Å². The van der Waals surface area contributed by atoms with Gasteiger partial charge in [0.1, 0.15) is 11.0 Å². The number of aryl methyl sites for hydroxylation is 1. The van der Waals surface area contributed by atoms with Crippen LogP contribution in [0.2, 0.25) is 5.15 Å². The minimum Gasteiger partial charge on any atom is -0.352 e. The molecular formula is C18H18ClN7O. The molecule has 1 fully saturated rings. The second-order valence-corrected chi connectivity index (χ2v) is 6.57. The Morgan fingerprint density at radius 2 is 1.74 bits per heavy atom. The fourth-order valence-corrected chi connectivity index (χ4v) is 3.29. The molecule has 0 aliphatic carbocycles. The molecule has 4 rings (SSSR count). The topological polar surface area (TPSA) is 80.0 Å². The molecule has 4 heterocycles. The summed E-state index contributed by atoms with van der Waals surface area (Å²) in [7, 11) is 0. The van der Waals surface area contributed by atoms with Crippen LogP contribution in [0.4, 0.5) is 5.82 Å². The van der Waals surface area contributed by atoms with Gasteiger partial charge in [0.25, 0.3) is 5.91 Å². The number of imidazole rings is 1. The van der Waals surface area contributed by atoms with Crippen molar-refractivity contribution in [3.8, 4) is 5.82 Å². The van der Waals surface area contributed by atoms with Gasteiger partial charge in [0.15, 0.2) is 11.6 Å². The van der Waals surface area contributed by atoms with Gasteiger partial charge in [0.2, 0.25) is 0 Å². The summed E-state index contributed by atoms with van der Waals surface area (Å²) in [4.78, 5) is 24.7. The summed E-state index contributed by atoms with van der Waals surface area (Å²) in [6.45, 7) is 4.46. The molecule has 0 N–H and O–H groups in total. The molecule has 138 valence electrons. The lowest BCUT2D eigenvalue weighted by molar-refractivity contribution is 0.0746. The normalized spacial score (nSPS) is 14.4. The first kappa shape index (κ1) is 17.4. The average Bonchev–Trinajstić information content (AvgIpc) is 3.14. The van der Waals surface area contributed by atoms with Crippen molar-refractivity contribution in [2.45, 2.75) is 6.92 Å². The Balaban J connectivity index is 1.41. The minimum atomic E-state index is -0.0928. The highest BCUT2D eigenvalue weighted by Crippen LogP contribution is 2.18. The van der Waals surface area contributed by atoms with E-state index < -0.39 is 0 Å². The van der Waals surface area contributed by atoms with Crippen LogP contribution in [0, 0.1) is 6.92 Å². The summed E-state index contributed by atoms with van der Waals surface area (Å²) >= 11 is 6.04. The number of pyridine rings is 1. The number of rotatable bonds is 3. The van der Waals surface area contributed by atoms with Crippen LogP contribution in [0.5, 0.6) is 0 Å². The first-order valence-electron chi connectivity index (χ1n) is 8.62. The molecule has 0 spiro atoms. The number of halogens is 1. The Hall–Kier alpha value is -3.00. The van der Waals surface area contributed by atoms with Crippen LogP contribution >= 0.6 is 11.6 Å². The van der Waals surface area contributed by atoms with Gasteiger partial charge in [-0.1, -0.05) is 11.6 Å². The highest BCUT2D eigenvalue weighted by Gasteiger charge is 2.24. The van der Waals surface area contributed by atoms with E-state index in [0.29, 0.717) is 31.7 Å². The predicted octanol–water partition coefficient (Wildman–Crippen LogP) is 1.98. The van der Waals surface area contributed by atoms with Gasteiger partial charge >= 0.3 is 0 Å². The third kappa shape index (κ3) is 3.48. The van der Waals surface area contributed by atoms with E-state index in [-0.39, 0.29) is 11.1 Å². The summed E-state index contributed by atoms with van der Waals surface area (Å²) < 4.78 is 1.88. The monoisotopic (exact) mass is 383 g/mol.